The molecule has 0 aliphatic heterocycles. The van der Waals surface area contributed by atoms with Gasteiger partial charge in [-0.2, -0.15) is 0 Å². The average Bonchev–Trinajstić information content (AvgIpc) is 2.13. The van der Waals surface area contributed by atoms with Crippen LogP contribution in [-0.4, -0.2) is 11.1 Å². The van der Waals surface area contributed by atoms with Crippen molar-refractivity contribution in [1.82, 2.24) is 0 Å². The SMILES string of the molecule is CCCC1(CCC)CC(CC)(C(=O)O)C1. The zero-order valence-corrected chi connectivity index (χ0v) is 10.3. The summed E-state index contributed by atoms with van der Waals surface area (Å²) in [5.41, 5.74) is -0.0256. The van der Waals surface area contributed by atoms with E-state index in [4.69, 9.17) is 0 Å². The molecule has 2 nitrogen and oxygen atoms in total. The molecule has 0 amide bonds. The molecule has 1 N–H and O–H groups in total. The van der Waals surface area contributed by atoms with Crippen LogP contribution in [-0.2, 0) is 4.79 Å². The maximum atomic E-state index is 11.2. The highest BCUT2D eigenvalue weighted by atomic mass is 16.4. The number of hydrogen-bond donors (Lipinski definition) is 1. The van der Waals surface area contributed by atoms with Gasteiger partial charge in [-0.25, -0.2) is 0 Å². The fourth-order valence-electron chi connectivity index (χ4n) is 3.48. The zero-order chi connectivity index (χ0) is 11.5. The molecule has 0 saturated heterocycles. The molecule has 0 aromatic carbocycles. The second-order valence-corrected chi connectivity index (χ2v) is 5.29. The van der Waals surface area contributed by atoms with Gasteiger partial charge in [0.2, 0.25) is 0 Å². The van der Waals surface area contributed by atoms with Gasteiger partial charge in [-0.05, 0) is 37.5 Å². The van der Waals surface area contributed by atoms with Crippen LogP contribution in [0, 0.1) is 10.8 Å². The first-order valence-corrected chi connectivity index (χ1v) is 6.27. The number of rotatable bonds is 6. The van der Waals surface area contributed by atoms with Crippen LogP contribution >= 0.6 is 0 Å². The van der Waals surface area contributed by atoms with Gasteiger partial charge in [0.05, 0.1) is 5.41 Å². The van der Waals surface area contributed by atoms with E-state index in [0.717, 1.165) is 19.3 Å². The van der Waals surface area contributed by atoms with Gasteiger partial charge in [0.15, 0.2) is 0 Å². The zero-order valence-electron chi connectivity index (χ0n) is 10.3. The van der Waals surface area contributed by atoms with E-state index < -0.39 is 5.97 Å². The Morgan fingerprint density at radius 3 is 1.87 bits per heavy atom. The molecule has 0 aromatic rings. The van der Waals surface area contributed by atoms with Crippen LogP contribution in [0.4, 0.5) is 0 Å². The van der Waals surface area contributed by atoms with Crippen LogP contribution in [0.25, 0.3) is 0 Å². The highest BCUT2D eigenvalue weighted by Gasteiger charge is 2.56. The van der Waals surface area contributed by atoms with Crippen LogP contribution in [0.3, 0.4) is 0 Å². The average molecular weight is 212 g/mol. The summed E-state index contributed by atoms with van der Waals surface area (Å²) in [6.45, 7) is 6.41. The van der Waals surface area contributed by atoms with Crippen molar-refractivity contribution in [3.05, 3.63) is 0 Å². The molecule has 1 fully saturated rings. The fourth-order valence-corrected chi connectivity index (χ4v) is 3.48. The maximum absolute atomic E-state index is 11.2. The Hall–Kier alpha value is -0.530. The minimum Gasteiger partial charge on any atom is -0.481 e. The van der Waals surface area contributed by atoms with E-state index in [2.05, 4.69) is 13.8 Å². The lowest BCUT2D eigenvalue weighted by molar-refractivity contribution is -0.168. The number of carbonyl (C=O) groups is 1. The predicted octanol–water partition coefficient (Wildman–Crippen LogP) is 3.85. The Balaban J connectivity index is 2.66. The lowest BCUT2D eigenvalue weighted by atomic mass is 9.49. The van der Waals surface area contributed by atoms with Gasteiger partial charge in [0.25, 0.3) is 0 Å². The molecule has 0 atom stereocenters. The molecule has 0 spiro atoms. The van der Waals surface area contributed by atoms with Crippen molar-refractivity contribution in [1.29, 1.82) is 0 Å². The number of aliphatic carboxylic acids is 1. The summed E-state index contributed by atoms with van der Waals surface area (Å²) in [4.78, 5) is 11.2. The molecule has 0 heterocycles. The molecule has 0 unspecified atom stereocenters. The third-order valence-corrected chi connectivity index (χ3v) is 4.12. The molecular formula is C13H24O2. The molecule has 1 aliphatic carbocycles. The summed E-state index contributed by atoms with van der Waals surface area (Å²) in [7, 11) is 0. The monoisotopic (exact) mass is 212 g/mol. The molecule has 1 rings (SSSR count). The lowest BCUT2D eigenvalue weighted by Crippen LogP contribution is -2.50. The van der Waals surface area contributed by atoms with Crippen LogP contribution in [0.15, 0.2) is 0 Å². The van der Waals surface area contributed by atoms with Gasteiger partial charge in [-0.3, -0.25) is 4.79 Å². The largest absolute Gasteiger partial charge is 0.481 e. The third-order valence-electron chi connectivity index (χ3n) is 4.12. The van der Waals surface area contributed by atoms with Crippen molar-refractivity contribution in [3.63, 3.8) is 0 Å². The van der Waals surface area contributed by atoms with E-state index >= 15 is 0 Å². The van der Waals surface area contributed by atoms with Crippen LogP contribution in [0.5, 0.6) is 0 Å². The Bertz CT molecular complexity index is 219. The quantitative estimate of drug-likeness (QED) is 0.726. The van der Waals surface area contributed by atoms with Crippen LogP contribution < -0.4 is 0 Å². The smallest absolute Gasteiger partial charge is 0.309 e. The van der Waals surface area contributed by atoms with Crippen molar-refractivity contribution in [2.24, 2.45) is 10.8 Å². The summed E-state index contributed by atoms with van der Waals surface area (Å²) in [5, 5.41) is 9.25. The summed E-state index contributed by atoms with van der Waals surface area (Å²) < 4.78 is 0. The van der Waals surface area contributed by atoms with E-state index in [1.807, 2.05) is 6.92 Å². The van der Waals surface area contributed by atoms with E-state index in [0.29, 0.717) is 5.41 Å². The Morgan fingerprint density at radius 1 is 1.13 bits per heavy atom. The van der Waals surface area contributed by atoms with Gasteiger partial charge < -0.3 is 5.11 Å². The topological polar surface area (TPSA) is 37.3 Å². The van der Waals surface area contributed by atoms with E-state index in [9.17, 15) is 9.90 Å². The Labute approximate surface area is 93.1 Å². The summed E-state index contributed by atoms with van der Waals surface area (Å²) in [6, 6.07) is 0. The molecular weight excluding hydrogens is 188 g/mol. The predicted molar refractivity (Wildman–Crippen MR) is 61.8 cm³/mol. The van der Waals surface area contributed by atoms with Crippen molar-refractivity contribution in [2.75, 3.05) is 0 Å². The normalized spacial score (nSPS) is 22.1. The van der Waals surface area contributed by atoms with Gasteiger partial charge >= 0.3 is 5.97 Å². The minimum absolute atomic E-state index is 0.359. The first kappa shape index (κ1) is 12.5. The maximum Gasteiger partial charge on any atom is 0.309 e. The molecule has 0 bridgehead atoms. The Kier molecular flexibility index (Phi) is 3.80. The van der Waals surface area contributed by atoms with E-state index in [-0.39, 0.29) is 5.41 Å². The summed E-state index contributed by atoms with van der Waals surface area (Å²) in [6.07, 6.45) is 7.38. The van der Waals surface area contributed by atoms with Gasteiger partial charge in [0.1, 0.15) is 0 Å². The standard InChI is InChI=1S/C13H24O2/c1-4-7-12(8-5-2)9-13(6-3,10-12)11(14)15/h4-10H2,1-3H3,(H,14,15). The Morgan fingerprint density at radius 2 is 1.60 bits per heavy atom. The lowest BCUT2D eigenvalue weighted by Gasteiger charge is -2.54. The molecule has 0 aromatic heterocycles. The van der Waals surface area contributed by atoms with Gasteiger partial charge in [0, 0.05) is 0 Å². The molecule has 1 saturated carbocycles. The molecule has 15 heavy (non-hydrogen) atoms. The molecule has 1 aliphatic rings. The molecule has 0 radical (unpaired) electrons. The highest BCUT2D eigenvalue weighted by molar-refractivity contribution is 5.76. The number of carboxylic acid groups (broad SMARTS) is 1. The first-order chi connectivity index (χ1) is 7.04. The van der Waals surface area contributed by atoms with Crippen molar-refractivity contribution >= 4 is 5.97 Å². The van der Waals surface area contributed by atoms with Gasteiger partial charge in [-0.1, -0.05) is 33.6 Å². The number of hydrogen-bond acceptors (Lipinski definition) is 1. The summed E-state index contributed by atoms with van der Waals surface area (Å²) >= 11 is 0. The second-order valence-electron chi connectivity index (χ2n) is 5.29. The summed E-state index contributed by atoms with van der Waals surface area (Å²) in [5.74, 6) is -0.576. The molecule has 88 valence electrons. The van der Waals surface area contributed by atoms with Crippen molar-refractivity contribution in [2.45, 2.75) is 65.7 Å². The number of carboxylic acids is 1. The van der Waals surface area contributed by atoms with E-state index in [1.54, 1.807) is 0 Å². The van der Waals surface area contributed by atoms with Crippen LogP contribution in [0.1, 0.15) is 65.7 Å². The van der Waals surface area contributed by atoms with Crippen molar-refractivity contribution < 1.29 is 9.90 Å². The van der Waals surface area contributed by atoms with Crippen LogP contribution in [0.2, 0.25) is 0 Å². The van der Waals surface area contributed by atoms with E-state index in [1.165, 1.54) is 25.7 Å². The highest BCUT2D eigenvalue weighted by Crippen LogP contribution is 2.60. The fraction of sp³-hybridized carbons (Fsp3) is 0.923. The van der Waals surface area contributed by atoms with Gasteiger partial charge in [-0.15, -0.1) is 0 Å². The second kappa shape index (κ2) is 4.54. The first-order valence-electron chi connectivity index (χ1n) is 6.27. The molecule has 2 heteroatoms. The third kappa shape index (κ3) is 2.19. The minimum atomic E-state index is -0.576. The van der Waals surface area contributed by atoms with Crippen molar-refractivity contribution in [3.8, 4) is 0 Å².